The van der Waals surface area contributed by atoms with Gasteiger partial charge in [0.1, 0.15) is 12.3 Å². The van der Waals surface area contributed by atoms with Crippen LogP contribution in [0.15, 0.2) is 47.6 Å². The summed E-state index contributed by atoms with van der Waals surface area (Å²) in [5, 5.41) is 0. The van der Waals surface area contributed by atoms with E-state index < -0.39 is 17.9 Å². The molecule has 1 aromatic carbocycles. The number of ether oxygens (including phenoxy) is 1. The van der Waals surface area contributed by atoms with Crippen LogP contribution in [0.3, 0.4) is 0 Å². The lowest BCUT2D eigenvalue weighted by Crippen LogP contribution is -2.49. The molecule has 1 saturated heterocycles. The number of carbonyl (C=O) groups excluding carboxylic acids is 2. The quantitative estimate of drug-likeness (QED) is 0.581. The first-order chi connectivity index (χ1) is 14.0. The van der Waals surface area contributed by atoms with E-state index in [4.69, 9.17) is 16.2 Å². The third kappa shape index (κ3) is 4.98. The van der Waals surface area contributed by atoms with Crippen molar-refractivity contribution in [3.63, 3.8) is 0 Å². The van der Waals surface area contributed by atoms with E-state index in [-0.39, 0.29) is 18.1 Å². The number of benzene rings is 1. The topological polar surface area (TPSA) is 127 Å². The van der Waals surface area contributed by atoms with Gasteiger partial charge in [0.05, 0.1) is 5.69 Å². The van der Waals surface area contributed by atoms with Gasteiger partial charge in [-0.1, -0.05) is 18.2 Å². The average molecular weight is 400 g/mol. The summed E-state index contributed by atoms with van der Waals surface area (Å²) in [7, 11) is 0. The number of carbonyl (C=O) groups is 2. The van der Waals surface area contributed by atoms with Crippen LogP contribution in [0, 0.1) is 5.82 Å². The van der Waals surface area contributed by atoms with E-state index in [0.717, 1.165) is 0 Å². The summed E-state index contributed by atoms with van der Waals surface area (Å²) >= 11 is 0. The van der Waals surface area contributed by atoms with Crippen molar-refractivity contribution in [3.8, 4) is 0 Å². The van der Waals surface area contributed by atoms with Crippen LogP contribution in [0.2, 0.25) is 0 Å². The number of anilines is 1. The van der Waals surface area contributed by atoms with E-state index >= 15 is 0 Å². The lowest BCUT2D eigenvalue weighted by Gasteiger charge is -2.36. The summed E-state index contributed by atoms with van der Waals surface area (Å²) in [6.07, 6.45) is 0.584. The number of aliphatic imine (C=N–C) groups is 1. The maximum atomic E-state index is 14.9. The third-order valence-electron chi connectivity index (χ3n) is 4.42. The second kappa shape index (κ2) is 9.00. The van der Waals surface area contributed by atoms with Crippen LogP contribution < -0.4 is 16.4 Å². The molecule has 9 nitrogen and oxygen atoms in total. The van der Waals surface area contributed by atoms with Gasteiger partial charge in [-0.25, -0.2) is 9.18 Å². The Labute approximate surface area is 166 Å². The Morgan fingerprint density at radius 3 is 2.52 bits per heavy atom. The van der Waals surface area contributed by atoms with Gasteiger partial charge in [0.2, 0.25) is 0 Å². The van der Waals surface area contributed by atoms with Crippen LogP contribution in [-0.2, 0) is 11.3 Å². The fourth-order valence-electron chi connectivity index (χ4n) is 3.00. The lowest BCUT2D eigenvalue weighted by atomic mass is 10.1. The molecular weight excluding hydrogens is 379 g/mol. The van der Waals surface area contributed by atoms with Crippen molar-refractivity contribution in [2.24, 2.45) is 16.5 Å². The van der Waals surface area contributed by atoms with Gasteiger partial charge in [-0.15, -0.1) is 4.99 Å². The summed E-state index contributed by atoms with van der Waals surface area (Å²) < 4.78 is 19.7. The molecular formula is C19H21FN6O3. The smallest absolute Gasteiger partial charge is 0.437 e. The second-order valence-electron chi connectivity index (χ2n) is 6.34. The minimum atomic E-state index is -0.989. The number of pyridine rings is 1. The molecule has 0 radical (unpaired) electrons. The Hall–Kier alpha value is -3.69. The summed E-state index contributed by atoms with van der Waals surface area (Å²) in [5.74, 6) is -1.07. The van der Waals surface area contributed by atoms with E-state index in [1.807, 2.05) is 4.90 Å². The van der Waals surface area contributed by atoms with Crippen molar-refractivity contribution < 1.29 is 18.7 Å². The summed E-state index contributed by atoms with van der Waals surface area (Å²) in [6, 6.07) is 10.0. The highest BCUT2D eigenvalue weighted by Crippen LogP contribution is 2.24. The number of aromatic nitrogens is 1. The van der Waals surface area contributed by atoms with E-state index in [2.05, 4.69) is 9.98 Å². The molecule has 1 aliphatic heterocycles. The molecule has 4 N–H and O–H groups in total. The Morgan fingerprint density at radius 1 is 1.10 bits per heavy atom. The normalized spacial score (nSPS) is 13.7. The fraction of sp³-hybridized carbons (Fsp3) is 0.263. The number of halogens is 1. The second-order valence-corrected chi connectivity index (χ2v) is 6.34. The molecule has 1 fully saturated rings. The number of guanidine groups is 1. The number of rotatable bonds is 4. The molecule has 2 amide bonds. The number of amides is 2. The zero-order valence-corrected chi connectivity index (χ0v) is 15.6. The zero-order valence-electron chi connectivity index (χ0n) is 15.6. The van der Waals surface area contributed by atoms with Crippen molar-refractivity contribution >= 4 is 23.6 Å². The number of hydrogen-bond acceptors (Lipinski definition) is 5. The molecule has 152 valence electrons. The molecule has 1 aromatic heterocycles. The molecule has 0 unspecified atom stereocenters. The molecule has 0 aliphatic carbocycles. The molecule has 0 bridgehead atoms. The molecule has 0 spiro atoms. The first-order valence-corrected chi connectivity index (χ1v) is 8.94. The van der Waals surface area contributed by atoms with E-state index in [0.29, 0.717) is 37.6 Å². The molecule has 0 saturated carbocycles. The van der Waals surface area contributed by atoms with E-state index in [1.165, 1.54) is 6.07 Å². The van der Waals surface area contributed by atoms with Crippen LogP contribution in [0.4, 0.5) is 14.9 Å². The molecule has 29 heavy (non-hydrogen) atoms. The molecule has 1 aliphatic rings. The van der Waals surface area contributed by atoms with Gasteiger partial charge in [0.15, 0.2) is 11.8 Å². The summed E-state index contributed by atoms with van der Waals surface area (Å²) in [5.41, 5.74) is 11.2. The fourth-order valence-corrected chi connectivity index (χ4v) is 3.00. The molecule has 10 heteroatoms. The predicted molar refractivity (Wildman–Crippen MR) is 105 cm³/mol. The Balaban J connectivity index is 1.63. The van der Waals surface area contributed by atoms with E-state index in [1.54, 1.807) is 41.4 Å². The van der Waals surface area contributed by atoms with Crippen LogP contribution in [0.5, 0.6) is 0 Å². The van der Waals surface area contributed by atoms with Gasteiger partial charge in [-0.3, -0.25) is 9.78 Å². The van der Waals surface area contributed by atoms with Gasteiger partial charge < -0.3 is 26.0 Å². The maximum absolute atomic E-state index is 14.9. The highest BCUT2D eigenvalue weighted by molar-refractivity contribution is 5.92. The van der Waals surface area contributed by atoms with E-state index in [9.17, 15) is 14.0 Å². The van der Waals surface area contributed by atoms with Crippen molar-refractivity contribution in [1.82, 2.24) is 9.88 Å². The van der Waals surface area contributed by atoms with Crippen LogP contribution >= 0.6 is 0 Å². The maximum Gasteiger partial charge on any atom is 0.437 e. The standard InChI is InChI=1S/C19H21FN6O3/c20-16-13(12-29-19(28)24-18(21)22)4-3-6-15(16)25-8-10-26(11-9-25)17(27)14-5-1-2-7-23-14/h1-7H,8-12H2,(H4,21,22,24,28). The predicted octanol–water partition coefficient (Wildman–Crippen LogP) is 1.09. The largest absolute Gasteiger partial charge is 0.443 e. The zero-order chi connectivity index (χ0) is 20.8. The number of piperazine rings is 1. The van der Waals surface area contributed by atoms with Gasteiger partial charge in [0, 0.05) is 37.9 Å². The van der Waals surface area contributed by atoms with Gasteiger partial charge in [0.25, 0.3) is 5.91 Å². The van der Waals surface area contributed by atoms with Crippen LogP contribution in [-0.4, -0.2) is 54.0 Å². The number of nitrogens with two attached hydrogens (primary N) is 2. The van der Waals surface area contributed by atoms with Gasteiger partial charge in [-0.2, -0.15) is 0 Å². The minimum absolute atomic E-state index is 0.147. The molecule has 3 rings (SSSR count). The summed E-state index contributed by atoms with van der Waals surface area (Å²) in [4.78, 5) is 34.7. The highest BCUT2D eigenvalue weighted by atomic mass is 19.1. The molecule has 0 atom stereocenters. The Kier molecular flexibility index (Phi) is 6.22. The third-order valence-corrected chi connectivity index (χ3v) is 4.42. The van der Waals surface area contributed by atoms with Crippen LogP contribution in [0.1, 0.15) is 16.1 Å². The summed E-state index contributed by atoms with van der Waals surface area (Å²) in [6.45, 7) is 1.52. The number of nitrogens with zero attached hydrogens (tertiary/aromatic N) is 4. The van der Waals surface area contributed by atoms with Crippen molar-refractivity contribution in [1.29, 1.82) is 0 Å². The SMILES string of the molecule is NC(N)=NC(=O)OCc1cccc(N2CCN(C(=O)c3ccccn3)CC2)c1F. The van der Waals surface area contributed by atoms with Gasteiger partial charge >= 0.3 is 6.09 Å². The van der Waals surface area contributed by atoms with Crippen molar-refractivity contribution in [2.75, 3.05) is 31.1 Å². The minimum Gasteiger partial charge on any atom is -0.443 e. The first-order valence-electron chi connectivity index (χ1n) is 8.94. The first kappa shape index (κ1) is 20.1. The monoisotopic (exact) mass is 400 g/mol. The molecule has 2 aromatic rings. The van der Waals surface area contributed by atoms with Gasteiger partial charge in [-0.05, 0) is 18.2 Å². The highest BCUT2D eigenvalue weighted by Gasteiger charge is 2.25. The Bertz CT molecular complexity index is 909. The van der Waals surface area contributed by atoms with Crippen molar-refractivity contribution in [3.05, 3.63) is 59.7 Å². The molecule has 2 heterocycles. The lowest BCUT2D eigenvalue weighted by molar-refractivity contribution is 0.0740. The number of hydrogen-bond donors (Lipinski definition) is 2. The average Bonchev–Trinajstić information content (AvgIpc) is 2.73. The van der Waals surface area contributed by atoms with Crippen molar-refractivity contribution in [2.45, 2.75) is 6.61 Å². The Morgan fingerprint density at radius 2 is 1.86 bits per heavy atom. The van der Waals surface area contributed by atoms with Crippen LogP contribution in [0.25, 0.3) is 0 Å².